The van der Waals surface area contributed by atoms with E-state index < -0.39 is 7.60 Å². The fourth-order valence-corrected chi connectivity index (χ4v) is 3.57. The van der Waals surface area contributed by atoms with E-state index in [-0.39, 0.29) is 18.5 Å². The van der Waals surface area contributed by atoms with Gasteiger partial charge in [0.1, 0.15) is 22.9 Å². The number of hydrogen-bond donors (Lipinski definition) is 0. The van der Waals surface area contributed by atoms with Gasteiger partial charge < -0.3 is 13.8 Å². The lowest BCUT2D eigenvalue weighted by atomic mass is 10.2. The first kappa shape index (κ1) is 19.0. The van der Waals surface area contributed by atoms with Crippen molar-refractivity contribution in [2.45, 2.75) is 13.8 Å². The van der Waals surface area contributed by atoms with Gasteiger partial charge in [0.25, 0.3) is 0 Å². The molecule has 130 valence electrons. The lowest BCUT2D eigenvalue weighted by Crippen LogP contribution is -1.97. The summed E-state index contributed by atoms with van der Waals surface area (Å²) >= 11 is 0. The molecule has 5 nitrogen and oxygen atoms in total. The number of nitriles is 1. The molecule has 0 spiro atoms. The van der Waals surface area contributed by atoms with Crippen LogP contribution in [0.5, 0.6) is 11.5 Å². The van der Waals surface area contributed by atoms with Crippen LogP contribution in [-0.4, -0.2) is 13.2 Å². The second kappa shape index (κ2) is 9.19. The maximum atomic E-state index is 12.7. The average molecular weight is 357 g/mol. The van der Waals surface area contributed by atoms with Gasteiger partial charge in [-0.3, -0.25) is 4.57 Å². The Morgan fingerprint density at radius 3 is 2.08 bits per heavy atom. The Balaban J connectivity index is 2.21. The molecule has 0 radical (unpaired) electrons. The lowest BCUT2D eigenvalue weighted by molar-refractivity contribution is 0.227. The standard InChI is InChI=1S/C19H20NO4P/c1-3-22-25(21,23-4-2)19(15-20)14-16-10-12-18(13-11-16)24-17-8-6-5-7-9-17/h5-14H,3-4H2,1-2H3/b19-14+. The molecular weight excluding hydrogens is 337 g/mol. The van der Waals surface area contributed by atoms with Crippen LogP contribution < -0.4 is 4.74 Å². The molecule has 0 fully saturated rings. The van der Waals surface area contributed by atoms with Crippen molar-refractivity contribution in [1.29, 1.82) is 5.26 Å². The van der Waals surface area contributed by atoms with E-state index >= 15 is 0 Å². The van der Waals surface area contributed by atoms with E-state index in [0.717, 1.165) is 5.75 Å². The highest BCUT2D eigenvalue weighted by atomic mass is 31.2. The Morgan fingerprint density at radius 1 is 1.00 bits per heavy atom. The zero-order valence-corrected chi connectivity index (χ0v) is 15.1. The molecule has 2 rings (SSSR count). The van der Waals surface area contributed by atoms with Crippen LogP contribution in [-0.2, 0) is 13.6 Å². The number of ether oxygens (including phenoxy) is 1. The zero-order valence-electron chi connectivity index (χ0n) is 14.2. The third-order valence-corrected chi connectivity index (χ3v) is 5.19. The molecule has 0 aliphatic rings. The molecule has 25 heavy (non-hydrogen) atoms. The summed E-state index contributed by atoms with van der Waals surface area (Å²) < 4.78 is 28.8. The highest BCUT2D eigenvalue weighted by Gasteiger charge is 2.29. The van der Waals surface area contributed by atoms with E-state index in [4.69, 9.17) is 13.8 Å². The summed E-state index contributed by atoms with van der Waals surface area (Å²) in [5.41, 5.74) is 0.705. The molecule has 2 aromatic carbocycles. The summed E-state index contributed by atoms with van der Waals surface area (Å²) in [4.78, 5) is 0. The first-order valence-corrected chi connectivity index (χ1v) is 9.50. The summed E-state index contributed by atoms with van der Waals surface area (Å²) in [5.74, 6) is 1.40. The van der Waals surface area contributed by atoms with Crippen LogP contribution in [0, 0.1) is 11.3 Å². The third kappa shape index (κ3) is 5.30. The molecule has 0 N–H and O–H groups in total. The molecule has 0 aliphatic heterocycles. The number of benzene rings is 2. The van der Waals surface area contributed by atoms with Crippen molar-refractivity contribution in [2.75, 3.05) is 13.2 Å². The minimum absolute atomic E-state index is 0.0204. The van der Waals surface area contributed by atoms with Crippen molar-refractivity contribution in [3.8, 4) is 17.6 Å². The molecule has 6 heteroatoms. The normalized spacial score (nSPS) is 11.8. The Bertz CT molecular complexity index is 784. The Hall–Kier alpha value is -2.38. The van der Waals surface area contributed by atoms with Crippen molar-refractivity contribution in [1.82, 2.24) is 0 Å². The number of para-hydroxylation sites is 1. The summed E-state index contributed by atoms with van der Waals surface area (Å²) in [6.45, 7) is 3.80. The van der Waals surface area contributed by atoms with Crippen LogP contribution in [0.4, 0.5) is 0 Å². The van der Waals surface area contributed by atoms with Crippen LogP contribution in [0.1, 0.15) is 19.4 Å². The van der Waals surface area contributed by atoms with Crippen LogP contribution in [0.15, 0.2) is 59.9 Å². The summed E-state index contributed by atoms with van der Waals surface area (Å²) in [5, 5.41) is 9.33. The van der Waals surface area contributed by atoms with E-state index in [0.29, 0.717) is 11.3 Å². The number of nitrogens with zero attached hydrogens (tertiary/aromatic N) is 1. The minimum atomic E-state index is -3.59. The minimum Gasteiger partial charge on any atom is -0.457 e. The number of allylic oxidation sites excluding steroid dienone is 1. The van der Waals surface area contributed by atoms with Crippen LogP contribution in [0.25, 0.3) is 6.08 Å². The second-order valence-electron chi connectivity index (χ2n) is 4.96. The molecule has 0 atom stereocenters. The largest absolute Gasteiger partial charge is 0.457 e. The van der Waals surface area contributed by atoms with Gasteiger partial charge in [-0.1, -0.05) is 30.3 Å². The zero-order chi connectivity index (χ0) is 18.1. The monoisotopic (exact) mass is 357 g/mol. The van der Waals surface area contributed by atoms with Crippen LogP contribution in [0.3, 0.4) is 0 Å². The third-order valence-electron chi connectivity index (χ3n) is 3.17. The molecule has 0 saturated carbocycles. The Morgan fingerprint density at radius 2 is 1.56 bits per heavy atom. The smallest absolute Gasteiger partial charge is 0.371 e. The highest BCUT2D eigenvalue weighted by Crippen LogP contribution is 2.56. The van der Waals surface area contributed by atoms with E-state index in [1.165, 1.54) is 6.08 Å². The summed E-state index contributed by atoms with van der Waals surface area (Å²) in [6.07, 6.45) is 1.51. The summed E-state index contributed by atoms with van der Waals surface area (Å²) in [6, 6.07) is 18.5. The van der Waals surface area contributed by atoms with Gasteiger partial charge in [0.15, 0.2) is 0 Å². The molecule has 0 saturated heterocycles. The number of rotatable bonds is 8. The van der Waals surface area contributed by atoms with Crippen molar-refractivity contribution < 1.29 is 18.3 Å². The fourth-order valence-electron chi connectivity index (χ4n) is 2.10. The van der Waals surface area contributed by atoms with Crippen LogP contribution >= 0.6 is 7.60 Å². The maximum absolute atomic E-state index is 12.7. The van der Waals surface area contributed by atoms with E-state index in [9.17, 15) is 9.83 Å². The molecule has 0 aromatic heterocycles. The van der Waals surface area contributed by atoms with Gasteiger partial charge in [-0.25, -0.2) is 0 Å². The second-order valence-corrected chi connectivity index (χ2v) is 6.95. The predicted molar refractivity (Wildman–Crippen MR) is 97.4 cm³/mol. The van der Waals surface area contributed by atoms with Gasteiger partial charge in [0.2, 0.25) is 0 Å². The van der Waals surface area contributed by atoms with E-state index in [2.05, 4.69) is 0 Å². The van der Waals surface area contributed by atoms with Gasteiger partial charge in [-0.15, -0.1) is 0 Å². The number of hydrogen-bond acceptors (Lipinski definition) is 5. The van der Waals surface area contributed by atoms with Crippen molar-refractivity contribution in [3.63, 3.8) is 0 Å². The van der Waals surface area contributed by atoms with E-state index in [1.54, 1.807) is 38.1 Å². The van der Waals surface area contributed by atoms with Gasteiger partial charge in [0.05, 0.1) is 13.2 Å². The Kier molecular flexibility index (Phi) is 6.97. The van der Waals surface area contributed by atoms with Gasteiger partial charge in [-0.05, 0) is 49.8 Å². The Labute approximate surface area is 148 Å². The van der Waals surface area contributed by atoms with E-state index in [1.807, 2.05) is 36.4 Å². The maximum Gasteiger partial charge on any atom is 0.371 e. The molecule has 0 bridgehead atoms. The highest BCUT2D eigenvalue weighted by molar-refractivity contribution is 7.59. The van der Waals surface area contributed by atoms with Crippen molar-refractivity contribution in [2.24, 2.45) is 0 Å². The summed E-state index contributed by atoms with van der Waals surface area (Å²) in [7, 11) is -3.59. The van der Waals surface area contributed by atoms with Gasteiger partial charge in [0, 0.05) is 0 Å². The lowest BCUT2D eigenvalue weighted by Gasteiger charge is -2.15. The first-order valence-electron chi connectivity index (χ1n) is 7.95. The molecule has 0 heterocycles. The molecular formula is C19H20NO4P. The van der Waals surface area contributed by atoms with Gasteiger partial charge >= 0.3 is 7.60 Å². The first-order chi connectivity index (χ1) is 12.1. The topological polar surface area (TPSA) is 68.5 Å². The molecule has 0 aliphatic carbocycles. The predicted octanol–water partition coefficient (Wildman–Crippen LogP) is 5.61. The van der Waals surface area contributed by atoms with Gasteiger partial charge in [-0.2, -0.15) is 5.26 Å². The van der Waals surface area contributed by atoms with Crippen LogP contribution in [0.2, 0.25) is 0 Å². The fraction of sp³-hybridized carbons (Fsp3) is 0.211. The van der Waals surface area contributed by atoms with Crippen molar-refractivity contribution in [3.05, 3.63) is 65.5 Å². The molecule has 0 amide bonds. The quantitative estimate of drug-likeness (QED) is 0.454. The average Bonchev–Trinajstić information content (AvgIpc) is 2.62. The van der Waals surface area contributed by atoms with Crippen molar-refractivity contribution >= 4 is 13.7 Å². The molecule has 0 unspecified atom stereocenters. The molecule has 2 aromatic rings. The SMILES string of the molecule is CCOP(=O)(OCC)/C(C#N)=C/c1ccc(Oc2ccccc2)cc1.